The van der Waals surface area contributed by atoms with E-state index in [2.05, 4.69) is 42.1 Å². The molecule has 0 spiro atoms. The molecule has 1 aromatic rings. The number of rotatable bonds is 10. The van der Waals surface area contributed by atoms with Gasteiger partial charge in [-0.25, -0.2) is 0 Å². The molecule has 0 amide bonds. The Morgan fingerprint density at radius 2 is 1.84 bits per heavy atom. The van der Waals surface area contributed by atoms with Gasteiger partial charge >= 0.3 is 0 Å². The molecule has 0 radical (unpaired) electrons. The van der Waals surface area contributed by atoms with Crippen LogP contribution in [0.1, 0.15) is 25.2 Å². The van der Waals surface area contributed by atoms with Crippen LogP contribution in [0.15, 0.2) is 16.7 Å². The van der Waals surface area contributed by atoms with Crippen molar-refractivity contribution in [2.45, 2.75) is 27.3 Å². The molecule has 4 heteroatoms. The first-order valence-electron chi connectivity index (χ1n) is 7.32. The summed E-state index contributed by atoms with van der Waals surface area (Å²) in [4.78, 5) is 4.76. The lowest BCUT2D eigenvalue weighted by Crippen LogP contribution is -2.35. The van der Waals surface area contributed by atoms with E-state index in [1.165, 1.54) is 5.56 Å². The van der Waals surface area contributed by atoms with Crippen molar-refractivity contribution in [3.8, 4) is 0 Å². The fourth-order valence-corrected chi connectivity index (χ4v) is 2.12. The second kappa shape index (κ2) is 9.13. The Balaban J connectivity index is 2.07. The molecule has 0 atom stereocenters. The number of hydrogen-bond donors (Lipinski definition) is 1. The second-order valence-electron chi connectivity index (χ2n) is 5.02. The molecule has 0 aliphatic heterocycles. The lowest BCUT2D eigenvalue weighted by atomic mass is 10.2. The van der Waals surface area contributed by atoms with E-state index in [1.807, 2.05) is 6.92 Å². The summed E-state index contributed by atoms with van der Waals surface area (Å²) < 4.78 is 5.31. The SMILES string of the molecule is CCN(CC)CCNCCN(C)Cc1ccoc1C. The standard InChI is InChI=1S/C15H29N3O/c1-5-18(6-2)11-9-16-8-10-17(4)13-15-7-12-19-14(15)3/h7,12,16H,5-6,8-11,13H2,1-4H3. The molecule has 0 aliphatic carbocycles. The molecule has 1 aromatic heterocycles. The van der Waals surface area contributed by atoms with Gasteiger partial charge in [0, 0.05) is 38.3 Å². The topological polar surface area (TPSA) is 31.6 Å². The number of hydrogen-bond acceptors (Lipinski definition) is 4. The highest BCUT2D eigenvalue weighted by molar-refractivity contribution is 5.14. The first-order valence-corrected chi connectivity index (χ1v) is 7.32. The van der Waals surface area contributed by atoms with Crippen LogP contribution in [0.3, 0.4) is 0 Å². The van der Waals surface area contributed by atoms with Crippen LogP contribution in [0.4, 0.5) is 0 Å². The van der Waals surface area contributed by atoms with Crippen LogP contribution in [0, 0.1) is 6.92 Å². The average Bonchev–Trinajstić information content (AvgIpc) is 2.79. The zero-order valence-electron chi connectivity index (χ0n) is 12.9. The van der Waals surface area contributed by atoms with Gasteiger partial charge in [-0.1, -0.05) is 13.8 Å². The van der Waals surface area contributed by atoms with Crippen LogP contribution >= 0.6 is 0 Å². The fourth-order valence-electron chi connectivity index (χ4n) is 2.12. The van der Waals surface area contributed by atoms with E-state index in [0.29, 0.717) is 0 Å². The fraction of sp³-hybridized carbons (Fsp3) is 0.733. The molecule has 1 heterocycles. The lowest BCUT2D eigenvalue weighted by molar-refractivity contribution is 0.290. The van der Waals surface area contributed by atoms with Gasteiger partial charge in [-0.3, -0.25) is 0 Å². The summed E-state index contributed by atoms with van der Waals surface area (Å²) in [6.07, 6.45) is 1.76. The molecule has 1 rings (SSSR count). The monoisotopic (exact) mass is 267 g/mol. The minimum Gasteiger partial charge on any atom is -0.469 e. The van der Waals surface area contributed by atoms with Gasteiger partial charge in [0.1, 0.15) is 5.76 Å². The number of furan rings is 1. The molecule has 0 saturated carbocycles. The van der Waals surface area contributed by atoms with E-state index >= 15 is 0 Å². The zero-order chi connectivity index (χ0) is 14.1. The predicted molar refractivity (Wildman–Crippen MR) is 80.4 cm³/mol. The highest BCUT2D eigenvalue weighted by Gasteiger charge is 2.05. The van der Waals surface area contributed by atoms with Crippen molar-refractivity contribution in [2.75, 3.05) is 46.3 Å². The Bertz CT molecular complexity index is 334. The third-order valence-electron chi connectivity index (χ3n) is 3.58. The van der Waals surface area contributed by atoms with Gasteiger partial charge in [-0.05, 0) is 33.1 Å². The number of aryl methyl sites for hydroxylation is 1. The minimum absolute atomic E-state index is 0.958. The summed E-state index contributed by atoms with van der Waals surface area (Å²) in [5.74, 6) is 1.03. The predicted octanol–water partition coefficient (Wildman–Crippen LogP) is 1.95. The van der Waals surface area contributed by atoms with Crippen LogP contribution in [0.5, 0.6) is 0 Å². The van der Waals surface area contributed by atoms with Crippen molar-refractivity contribution in [3.63, 3.8) is 0 Å². The van der Waals surface area contributed by atoms with Crippen molar-refractivity contribution in [2.24, 2.45) is 0 Å². The molecule has 0 aliphatic rings. The average molecular weight is 267 g/mol. The zero-order valence-corrected chi connectivity index (χ0v) is 12.9. The maximum absolute atomic E-state index is 5.31. The highest BCUT2D eigenvalue weighted by atomic mass is 16.3. The molecule has 0 fully saturated rings. The molecule has 0 unspecified atom stereocenters. The molecule has 0 bridgehead atoms. The van der Waals surface area contributed by atoms with Gasteiger partial charge in [0.05, 0.1) is 6.26 Å². The third kappa shape index (κ3) is 6.23. The first-order chi connectivity index (χ1) is 9.17. The first kappa shape index (κ1) is 16.2. The molecule has 4 nitrogen and oxygen atoms in total. The van der Waals surface area contributed by atoms with Crippen LogP contribution in [-0.2, 0) is 6.54 Å². The van der Waals surface area contributed by atoms with E-state index < -0.39 is 0 Å². The molecule has 110 valence electrons. The number of likely N-dealkylation sites (N-methyl/N-ethyl adjacent to an activating group) is 2. The largest absolute Gasteiger partial charge is 0.469 e. The number of nitrogens with zero attached hydrogens (tertiary/aromatic N) is 2. The van der Waals surface area contributed by atoms with Crippen molar-refractivity contribution >= 4 is 0 Å². The van der Waals surface area contributed by atoms with E-state index in [-0.39, 0.29) is 0 Å². The van der Waals surface area contributed by atoms with Crippen molar-refractivity contribution in [1.82, 2.24) is 15.1 Å². The van der Waals surface area contributed by atoms with E-state index in [1.54, 1.807) is 6.26 Å². The van der Waals surface area contributed by atoms with Gasteiger partial charge in [0.2, 0.25) is 0 Å². The van der Waals surface area contributed by atoms with Crippen LogP contribution in [0.25, 0.3) is 0 Å². The van der Waals surface area contributed by atoms with E-state index in [9.17, 15) is 0 Å². The van der Waals surface area contributed by atoms with Gasteiger partial charge in [-0.15, -0.1) is 0 Å². The summed E-state index contributed by atoms with van der Waals surface area (Å²) in [6.45, 7) is 14.0. The Kier molecular flexibility index (Phi) is 7.79. The van der Waals surface area contributed by atoms with Crippen LogP contribution in [-0.4, -0.2) is 56.1 Å². The van der Waals surface area contributed by atoms with Crippen molar-refractivity contribution in [1.29, 1.82) is 0 Å². The second-order valence-corrected chi connectivity index (χ2v) is 5.02. The highest BCUT2D eigenvalue weighted by Crippen LogP contribution is 2.10. The Hall–Kier alpha value is -0.840. The quantitative estimate of drug-likeness (QED) is 0.657. The van der Waals surface area contributed by atoms with Crippen molar-refractivity contribution < 1.29 is 4.42 Å². The summed E-state index contributed by atoms with van der Waals surface area (Å²) in [5, 5.41) is 3.50. The van der Waals surface area contributed by atoms with Crippen molar-refractivity contribution in [3.05, 3.63) is 23.7 Å². The summed E-state index contributed by atoms with van der Waals surface area (Å²) in [6, 6.07) is 2.06. The van der Waals surface area contributed by atoms with E-state index in [0.717, 1.165) is 51.6 Å². The summed E-state index contributed by atoms with van der Waals surface area (Å²) in [5.41, 5.74) is 1.28. The van der Waals surface area contributed by atoms with Gasteiger partial charge < -0.3 is 19.5 Å². The maximum atomic E-state index is 5.31. The molecule has 0 saturated heterocycles. The van der Waals surface area contributed by atoms with Gasteiger partial charge in [-0.2, -0.15) is 0 Å². The summed E-state index contributed by atoms with van der Waals surface area (Å²) >= 11 is 0. The normalized spacial score (nSPS) is 11.7. The molecular formula is C15H29N3O. The lowest BCUT2D eigenvalue weighted by Gasteiger charge is -2.19. The molecular weight excluding hydrogens is 238 g/mol. The van der Waals surface area contributed by atoms with Crippen LogP contribution < -0.4 is 5.32 Å². The summed E-state index contributed by atoms with van der Waals surface area (Å²) in [7, 11) is 2.15. The Labute approximate surface area is 117 Å². The van der Waals surface area contributed by atoms with E-state index in [4.69, 9.17) is 4.42 Å². The molecule has 0 aromatic carbocycles. The van der Waals surface area contributed by atoms with Crippen LogP contribution in [0.2, 0.25) is 0 Å². The van der Waals surface area contributed by atoms with Gasteiger partial charge in [0.25, 0.3) is 0 Å². The van der Waals surface area contributed by atoms with Gasteiger partial charge in [0.15, 0.2) is 0 Å². The minimum atomic E-state index is 0.958. The molecule has 1 N–H and O–H groups in total. The maximum Gasteiger partial charge on any atom is 0.105 e. The third-order valence-corrected chi connectivity index (χ3v) is 3.58. The number of nitrogens with one attached hydrogen (secondary N) is 1. The Morgan fingerprint density at radius 3 is 2.42 bits per heavy atom. The Morgan fingerprint density at radius 1 is 1.16 bits per heavy atom. The molecule has 19 heavy (non-hydrogen) atoms. The smallest absolute Gasteiger partial charge is 0.105 e.